The Bertz CT molecular complexity index is 843. The summed E-state index contributed by atoms with van der Waals surface area (Å²) in [7, 11) is 1.41. The molecule has 1 N–H and O–H groups in total. The van der Waals surface area contributed by atoms with Gasteiger partial charge in [-0.1, -0.05) is 6.07 Å². The van der Waals surface area contributed by atoms with Crippen molar-refractivity contribution in [1.29, 1.82) is 5.26 Å². The molecule has 1 amide bonds. The van der Waals surface area contributed by atoms with Crippen LogP contribution >= 0.6 is 0 Å². The summed E-state index contributed by atoms with van der Waals surface area (Å²) < 4.78 is 5.52. The van der Waals surface area contributed by atoms with Crippen LogP contribution in [0.3, 0.4) is 0 Å². The fourth-order valence-electron chi connectivity index (χ4n) is 2.00. The number of nitro groups is 1. The summed E-state index contributed by atoms with van der Waals surface area (Å²) in [6.45, 7) is 1.76. The van der Waals surface area contributed by atoms with Crippen LogP contribution < -0.4 is 5.32 Å². The second-order valence-corrected chi connectivity index (χ2v) is 4.73. The van der Waals surface area contributed by atoms with Crippen LogP contribution in [0, 0.1) is 28.4 Å². The Morgan fingerprint density at radius 3 is 2.74 bits per heavy atom. The molecule has 0 spiro atoms. The van der Waals surface area contributed by atoms with E-state index in [0.29, 0.717) is 5.56 Å². The highest BCUT2D eigenvalue weighted by molar-refractivity contribution is 6.01. The van der Waals surface area contributed by atoms with E-state index in [2.05, 4.69) is 5.32 Å². The zero-order valence-electron chi connectivity index (χ0n) is 12.5. The summed E-state index contributed by atoms with van der Waals surface area (Å²) in [5.41, 5.74) is 0.908. The number of nitrogens with zero attached hydrogens (tertiary/aromatic N) is 2. The second-order valence-electron chi connectivity index (χ2n) is 4.73. The van der Waals surface area contributed by atoms with Gasteiger partial charge in [0, 0.05) is 19.2 Å². The highest BCUT2D eigenvalue weighted by Gasteiger charge is 2.18. The fraction of sp³-hybridized carbons (Fsp3) is 0.125. The number of rotatable bonds is 4. The molecule has 7 nitrogen and oxygen atoms in total. The third-order valence-electron chi connectivity index (χ3n) is 3.12. The van der Waals surface area contributed by atoms with Gasteiger partial charge in [0.25, 0.3) is 11.6 Å². The molecule has 2 rings (SSSR count). The monoisotopic (exact) mass is 311 g/mol. The summed E-state index contributed by atoms with van der Waals surface area (Å²) >= 11 is 0. The molecule has 0 unspecified atom stereocenters. The van der Waals surface area contributed by atoms with Gasteiger partial charge in [-0.05, 0) is 30.7 Å². The second kappa shape index (κ2) is 6.58. The number of amides is 1. The number of hydrogen-bond acceptors (Lipinski definition) is 5. The molecule has 0 radical (unpaired) electrons. The zero-order valence-corrected chi connectivity index (χ0v) is 12.5. The van der Waals surface area contributed by atoms with Crippen molar-refractivity contribution < 1.29 is 14.1 Å². The Morgan fingerprint density at radius 2 is 2.13 bits per heavy atom. The number of nitriles is 1. The van der Waals surface area contributed by atoms with Crippen molar-refractivity contribution in [3.05, 3.63) is 57.3 Å². The molecule has 0 aliphatic heterocycles. The lowest BCUT2D eigenvalue weighted by atomic mass is 10.1. The molecular formula is C16H13N3O4. The summed E-state index contributed by atoms with van der Waals surface area (Å²) in [5.74, 6) is 0.0129. The number of furan rings is 1. The Morgan fingerprint density at radius 1 is 1.39 bits per heavy atom. The van der Waals surface area contributed by atoms with Crippen molar-refractivity contribution in [2.45, 2.75) is 6.92 Å². The van der Waals surface area contributed by atoms with Crippen molar-refractivity contribution in [3.8, 4) is 17.4 Å². The van der Waals surface area contributed by atoms with Gasteiger partial charge in [-0.3, -0.25) is 14.9 Å². The predicted molar refractivity (Wildman–Crippen MR) is 83.2 cm³/mol. The molecule has 1 heterocycles. The minimum Gasteiger partial charge on any atom is -0.456 e. The van der Waals surface area contributed by atoms with Crippen molar-refractivity contribution in [3.63, 3.8) is 0 Å². The van der Waals surface area contributed by atoms with E-state index >= 15 is 0 Å². The summed E-state index contributed by atoms with van der Waals surface area (Å²) in [6.07, 6.45) is 1.28. The summed E-state index contributed by atoms with van der Waals surface area (Å²) in [5, 5.41) is 22.5. The summed E-state index contributed by atoms with van der Waals surface area (Å²) in [4.78, 5) is 22.2. The molecule has 0 bridgehead atoms. The molecule has 7 heteroatoms. The van der Waals surface area contributed by atoms with Gasteiger partial charge in [0.2, 0.25) is 0 Å². The van der Waals surface area contributed by atoms with Crippen LogP contribution in [0.15, 0.2) is 40.3 Å². The standard InChI is InChI=1S/C16H13N3O4/c1-10-3-5-13(14(7-10)19(21)22)15-6-4-12(23-15)8-11(9-17)16(20)18-2/h3-8H,1-2H3,(H,18,20)/b11-8+. The van der Waals surface area contributed by atoms with E-state index < -0.39 is 10.8 Å². The van der Waals surface area contributed by atoms with Gasteiger partial charge in [-0.2, -0.15) is 5.26 Å². The van der Waals surface area contributed by atoms with Crippen LogP contribution in [-0.4, -0.2) is 17.9 Å². The molecule has 0 saturated heterocycles. The van der Waals surface area contributed by atoms with Gasteiger partial charge in [0.15, 0.2) is 0 Å². The number of carbonyl (C=O) groups is 1. The van der Waals surface area contributed by atoms with Gasteiger partial charge in [0.1, 0.15) is 23.2 Å². The van der Waals surface area contributed by atoms with Crippen LogP contribution in [0.2, 0.25) is 0 Å². The van der Waals surface area contributed by atoms with E-state index in [-0.39, 0.29) is 22.8 Å². The SMILES string of the molecule is CNC(=O)/C(C#N)=C/c1ccc(-c2ccc(C)cc2[N+](=O)[O-])o1. The zero-order chi connectivity index (χ0) is 17.0. The number of benzene rings is 1. The summed E-state index contributed by atoms with van der Waals surface area (Å²) in [6, 6.07) is 9.67. The maximum atomic E-state index is 11.5. The number of likely N-dealkylation sites (N-methyl/N-ethyl adjacent to an activating group) is 1. The highest BCUT2D eigenvalue weighted by atomic mass is 16.6. The predicted octanol–water partition coefficient (Wildman–Crippen LogP) is 2.82. The van der Waals surface area contributed by atoms with Crippen molar-refractivity contribution in [2.24, 2.45) is 0 Å². The molecular weight excluding hydrogens is 298 g/mol. The number of carbonyl (C=O) groups excluding carboxylic acids is 1. The lowest BCUT2D eigenvalue weighted by molar-refractivity contribution is -0.384. The molecule has 1 aromatic carbocycles. The molecule has 0 saturated carbocycles. The maximum Gasteiger partial charge on any atom is 0.280 e. The van der Waals surface area contributed by atoms with Gasteiger partial charge in [-0.15, -0.1) is 0 Å². The lowest BCUT2D eigenvalue weighted by Crippen LogP contribution is -2.18. The number of hydrogen-bond donors (Lipinski definition) is 1. The van der Waals surface area contributed by atoms with Crippen LogP contribution in [0.5, 0.6) is 0 Å². The first kappa shape index (κ1) is 16.0. The molecule has 1 aromatic heterocycles. The molecule has 0 aliphatic rings. The average molecular weight is 311 g/mol. The number of aryl methyl sites for hydroxylation is 1. The molecule has 0 fully saturated rings. The van der Waals surface area contributed by atoms with Gasteiger partial charge < -0.3 is 9.73 Å². The molecule has 0 aliphatic carbocycles. The number of nitro benzene ring substituents is 1. The largest absolute Gasteiger partial charge is 0.456 e. The minimum atomic E-state index is -0.535. The molecule has 23 heavy (non-hydrogen) atoms. The number of nitrogens with one attached hydrogen (secondary N) is 1. The van der Waals surface area contributed by atoms with Gasteiger partial charge >= 0.3 is 0 Å². The Labute approximate surface area is 132 Å². The van der Waals surface area contributed by atoms with Crippen molar-refractivity contribution >= 4 is 17.7 Å². The van der Waals surface area contributed by atoms with E-state index in [1.807, 2.05) is 0 Å². The molecule has 0 atom stereocenters. The topological polar surface area (TPSA) is 109 Å². The van der Waals surface area contributed by atoms with E-state index in [0.717, 1.165) is 5.56 Å². The van der Waals surface area contributed by atoms with Crippen LogP contribution in [0.25, 0.3) is 17.4 Å². The van der Waals surface area contributed by atoms with E-state index in [1.165, 1.54) is 19.2 Å². The smallest absolute Gasteiger partial charge is 0.280 e. The van der Waals surface area contributed by atoms with Crippen molar-refractivity contribution in [1.82, 2.24) is 5.32 Å². The Kier molecular flexibility index (Phi) is 4.57. The quantitative estimate of drug-likeness (QED) is 0.404. The normalized spacial score (nSPS) is 10.9. The van der Waals surface area contributed by atoms with E-state index in [1.54, 1.807) is 37.3 Å². The van der Waals surface area contributed by atoms with E-state index in [9.17, 15) is 14.9 Å². The third-order valence-corrected chi connectivity index (χ3v) is 3.12. The van der Waals surface area contributed by atoms with Crippen LogP contribution in [-0.2, 0) is 4.79 Å². The Hall–Kier alpha value is -3.40. The lowest BCUT2D eigenvalue weighted by Gasteiger charge is -2.01. The highest BCUT2D eigenvalue weighted by Crippen LogP contribution is 2.32. The first-order chi connectivity index (χ1) is 11.0. The van der Waals surface area contributed by atoms with Gasteiger partial charge in [0.05, 0.1) is 10.5 Å². The average Bonchev–Trinajstić information content (AvgIpc) is 3.00. The van der Waals surface area contributed by atoms with Crippen LogP contribution in [0.4, 0.5) is 5.69 Å². The Balaban J connectivity index is 2.45. The molecule has 116 valence electrons. The molecule has 2 aromatic rings. The third kappa shape index (κ3) is 3.44. The van der Waals surface area contributed by atoms with Gasteiger partial charge in [-0.25, -0.2) is 0 Å². The van der Waals surface area contributed by atoms with Crippen LogP contribution in [0.1, 0.15) is 11.3 Å². The maximum absolute atomic E-state index is 11.5. The van der Waals surface area contributed by atoms with Crippen molar-refractivity contribution in [2.75, 3.05) is 7.05 Å². The van der Waals surface area contributed by atoms with E-state index in [4.69, 9.17) is 9.68 Å². The first-order valence-corrected chi connectivity index (χ1v) is 6.65. The fourth-order valence-corrected chi connectivity index (χ4v) is 2.00. The minimum absolute atomic E-state index is 0.0679. The first-order valence-electron chi connectivity index (χ1n) is 6.65.